The first-order valence-corrected chi connectivity index (χ1v) is 4.00. The number of anilines is 1. The van der Waals surface area contributed by atoms with Crippen molar-refractivity contribution >= 4 is 5.82 Å². The maximum absolute atomic E-state index is 10.7. The van der Waals surface area contributed by atoms with Gasteiger partial charge in [-0.2, -0.15) is 10.2 Å². The first-order chi connectivity index (χ1) is 6.84. The fraction of sp³-hybridized carbons (Fsp3) is 0.143. The van der Waals surface area contributed by atoms with E-state index < -0.39 is 0 Å². The molecular formula is C7H8N6O. The van der Waals surface area contributed by atoms with Gasteiger partial charge in [-0.05, 0) is 12.1 Å². The largest absolute Gasteiger partial charge is 0.361 e. The van der Waals surface area contributed by atoms with E-state index >= 15 is 0 Å². The van der Waals surface area contributed by atoms with Crippen molar-refractivity contribution < 1.29 is 0 Å². The predicted octanol–water partition coefficient (Wildman–Crippen LogP) is -0.500. The number of H-pyrrole nitrogens is 2. The van der Waals surface area contributed by atoms with Gasteiger partial charge in [-0.1, -0.05) is 0 Å². The normalized spacial score (nSPS) is 10.0. The van der Waals surface area contributed by atoms with Gasteiger partial charge >= 0.3 is 5.69 Å². The summed E-state index contributed by atoms with van der Waals surface area (Å²) in [6, 6.07) is 3.54. The van der Waals surface area contributed by atoms with Crippen LogP contribution in [0.2, 0.25) is 0 Å². The fourth-order valence-electron chi connectivity index (χ4n) is 0.959. The van der Waals surface area contributed by atoms with Crippen molar-refractivity contribution in [3.8, 4) is 0 Å². The lowest BCUT2D eigenvalue weighted by atomic mass is 10.5. The predicted molar refractivity (Wildman–Crippen MR) is 48.6 cm³/mol. The number of hydrogen-bond acceptors (Lipinski definition) is 5. The molecule has 0 bridgehead atoms. The third kappa shape index (κ3) is 1.94. The molecule has 2 rings (SSSR count). The first-order valence-electron chi connectivity index (χ1n) is 4.00. The van der Waals surface area contributed by atoms with E-state index in [0.29, 0.717) is 18.2 Å². The van der Waals surface area contributed by atoms with Crippen LogP contribution in [-0.2, 0) is 6.54 Å². The minimum absolute atomic E-state index is 0.319. The Kier molecular flexibility index (Phi) is 2.22. The Morgan fingerprint density at radius 3 is 3.07 bits per heavy atom. The molecule has 7 nitrogen and oxygen atoms in total. The molecule has 0 saturated heterocycles. The summed E-state index contributed by atoms with van der Waals surface area (Å²) in [4.78, 5) is 13.2. The molecule has 14 heavy (non-hydrogen) atoms. The van der Waals surface area contributed by atoms with Gasteiger partial charge in [-0.25, -0.2) is 9.89 Å². The van der Waals surface area contributed by atoms with Crippen LogP contribution < -0.4 is 11.0 Å². The van der Waals surface area contributed by atoms with Crippen molar-refractivity contribution in [3.63, 3.8) is 0 Å². The monoisotopic (exact) mass is 192 g/mol. The summed E-state index contributed by atoms with van der Waals surface area (Å²) in [5.74, 6) is 1.16. The number of rotatable bonds is 3. The Morgan fingerprint density at radius 1 is 1.50 bits per heavy atom. The summed E-state index contributed by atoms with van der Waals surface area (Å²) in [5, 5.41) is 16.4. The Labute approximate surface area is 78.6 Å². The first kappa shape index (κ1) is 8.42. The van der Waals surface area contributed by atoms with Gasteiger partial charge in [0.1, 0.15) is 11.6 Å². The van der Waals surface area contributed by atoms with Crippen LogP contribution in [0, 0.1) is 0 Å². The minimum atomic E-state index is -0.319. The highest BCUT2D eigenvalue weighted by atomic mass is 16.1. The molecule has 0 amide bonds. The molecule has 0 aliphatic rings. The molecule has 0 radical (unpaired) electrons. The number of aromatic amines is 2. The second-order valence-corrected chi connectivity index (χ2v) is 2.59. The van der Waals surface area contributed by atoms with Gasteiger partial charge in [0.2, 0.25) is 0 Å². The molecule has 3 N–H and O–H groups in total. The number of nitrogens with one attached hydrogen (secondary N) is 3. The average molecular weight is 192 g/mol. The number of hydrogen-bond donors (Lipinski definition) is 3. The molecule has 0 aliphatic heterocycles. The van der Waals surface area contributed by atoms with Crippen LogP contribution in [0.15, 0.2) is 23.1 Å². The van der Waals surface area contributed by atoms with E-state index in [1.165, 1.54) is 0 Å². The molecule has 2 aromatic rings. The molecule has 0 fully saturated rings. The molecule has 0 spiro atoms. The quantitative estimate of drug-likeness (QED) is 0.608. The fourth-order valence-corrected chi connectivity index (χ4v) is 0.959. The lowest BCUT2D eigenvalue weighted by Crippen LogP contribution is -2.05. The number of aromatic nitrogens is 5. The van der Waals surface area contributed by atoms with E-state index in [-0.39, 0.29) is 5.69 Å². The Bertz CT molecular complexity index is 446. The van der Waals surface area contributed by atoms with Crippen LogP contribution in [0.3, 0.4) is 0 Å². The highest BCUT2D eigenvalue weighted by Crippen LogP contribution is 1.98. The zero-order valence-electron chi connectivity index (χ0n) is 7.19. The molecule has 72 valence electrons. The van der Waals surface area contributed by atoms with Gasteiger partial charge in [0.25, 0.3) is 0 Å². The van der Waals surface area contributed by atoms with Crippen molar-refractivity contribution in [2.75, 3.05) is 5.32 Å². The van der Waals surface area contributed by atoms with Crippen molar-refractivity contribution in [1.82, 2.24) is 25.4 Å². The van der Waals surface area contributed by atoms with E-state index in [1.54, 1.807) is 18.3 Å². The number of nitrogens with zero attached hydrogens (tertiary/aromatic N) is 3. The van der Waals surface area contributed by atoms with Crippen molar-refractivity contribution in [2.45, 2.75) is 6.54 Å². The van der Waals surface area contributed by atoms with Crippen molar-refractivity contribution in [1.29, 1.82) is 0 Å². The molecular weight excluding hydrogens is 184 g/mol. The van der Waals surface area contributed by atoms with Crippen molar-refractivity contribution in [3.05, 3.63) is 34.6 Å². The summed E-state index contributed by atoms with van der Waals surface area (Å²) in [7, 11) is 0. The van der Waals surface area contributed by atoms with Crippen LogP contribution >= 0.6 is 0 Å². The van der Waals surface area contributed by atoms with Gasteiger partial charge in [0, 0.05) is 6.20 Å². The zero-order chi connectivity index (χ0) is 9.80. The molecule has 0 atom stereocenters. The third-order valence-corrected chi connectivity index (χ3v) is 1.56. The van der Waals surface area contributed by atoms with Crippen LogP contribution in [0.5, 0.6) is 0 Å². The summed E-state index contributed by atoms with van der Waals surface area (Å²) >= 11 is 0. The highest BCUT2D eigenvalue weighted by molar-refractivity contribution is 5.31. The van der Waals surface area contributed by atoms with Gasteiger partial charge in [-0.15, -0.1) is 5.10 Å². The second kappa shape index (κ2) is 3.69. The van der Waals surface area contributed by atoms with Gasteiger partial charge in [-0.3, -0.25) is 4.98 Å². The van der Waals surface area contributed by atoms with Crippen LogP contribution in [-0.4, -0.2) is 25.4 Å². The summed E-state index contributed by atoms with van der Waals surface area (Å²) in [6.07, 6.45) is 1.58. The molecule has 0 unspecified atom stereocenters. The van der Waals surface area contributed by atoms with Crippen LogP contribution in [0.4, 0.5) is 5.82 Å². The third-order valence-electron chi connectivity index (χ3n) is 1.56. The topological polar surface area (TPSA) is 99.3 Å². The van der Waals surface area contributed by atoms with Crippen LogP contribution in [0.25, 0.3) is 0 Å². The molecule has 7 heteroatoms. The van der Waals surface area contributed by atoms with Gasteiger partial charge in [0.15, 0.2) is 0 Å². The van der Waals surface area contributed by atoms with Crippen LogP contribution in [0.1, 0.15) is 5.82 Å². The summed E-state index contributed by atoms with van der Waals surface area (Å²) in [6.45, 7) is 0.400. The van der Waals surface area contributed by atoms with E-state index in [0.717, 1.165) is 0 Å². The molecule has 2 aromatic heterocycles. The Hall–Kier alpha value is -2.18. The van der Waals surface area contributed by atoms with Gasteiger partial charge in [0.05, 0.1) is 6.54 Å². The summed E-state index contributed by atoms with van der Waals surface area (Å²) < 4.78 is 0. The smallest absolute Gasteiger partial charge is 0.340 e. The average Bonchev–Trinajstić information content (AvgIpc) is 2.63. The lowest BCUT2D eigenvalue weighted by molar-refractivity contribution is 0.930. The van der Waals surface area contributed by atoms with E-state index in [2.05, 4.69) is 30.7 Å². The van der Waals surface area contributed by atoms with E-state index in [4.69, 9.17) is 0 Å². The van der Waals surface area contributed by atoms with Gasteiger partial charge < -0.3 is 5.32 Å². The Morgan fingerprint density at radius 2 is 2.43 bits per heavy atom. The highest BCUT2D eigenvalue weighted by Gasteiger charge is 1.97. The summed E-state index contributed by atoms with van der Waals surface area (Å²) in [5.41, 5.74) is -0.319. The molecule has 0 aliphatic carbocycles. The molecule has 0 aromatic carbocycles. The minimum Gasteiger partial charge on any atom is -0.361 e. The molecule has 2 heterocycles. The van der Waals surface area contributed by atoms with E-state index in [9.17, 15) is 4.79 Å². The van der Waals surface area contributed by atoms with Crippen molar-refractivity contribution in [2.24, 2.45) is 0 Å². The SMILES string of the molecule is O=c1[nH]nc(CNc2cccnn2)[nH]1. The second-order valence-electron chi connectivity index (χ2n) is 2.59. The standard InChI is InChI=1S/C7H8N6O/c14-7-10-6(12-13-7)4-8-5-2-1-3-9-11-5/h1-3H,4H2,(H,8,11)(H2,10,12,13,14). The maximum atomic E-state index is 10.7. The maximum Gasteiger partial charge on any atom is 0.340 e. The Balaban J connectivity index is 1.98. The lowest BCUT2D eigenvalue weighted by Gasteiger charge is -1.99. The van der Waals surface area contributed by atoms with E-state index in [1.807, 2.05) is 0 Å². The molecule has 0 saturated carbocycles. The zero-order valence-corrected chi connectivity index (χ0v) is 7.19.